The Morgan fingerprint density at radius 3 is 2.88 bits per heavy atom. The zero-order chi connectivity index (χ0) is 22.1. The molecule has 1 aliphatic heterocycles. The second-order valence-corrected chi connectivity index (χ2v) is 9.80. The van der Waals surface area contributed by atoms with Gasteiger partial charge in [-0.1, -0.05) is 36.5 Å². The van der Waals surface area contributed by atoms with E-state index in [0.29, 0.717) is 11.6 Å². The van der Waals surface area contributed by atoms with Crippen LogP contribution < -0.4 is 15.5 Å². The van der Waals surface area contributed by atoms with Crippen molar-refractivity contribution in [2.24, 2.45) is 0 Å². The minimum absolute atomic E-state index is 0.0896. The molecule has 1 aromatic carbocycles. The number of aromatic nitrogens is 2. The summed E-state index contributed by atoms with van der Waals surface area (Å²) in [5.74, 6) is -0.0421. The van der Waals surface area contributed by atoms with E-state index in [4.69, 9.17) is 0 Å². The summed E-state index contributed by atoms with van der Waals surface area (Å²) >= 11 is 2.99. The van der Waals surface area contributed by atoms with E-state index >= 15 is 0 Å². The van der Waals surface area contributed by atoms with Crippen molar-refractivity contribution >= 4 is 50.9 Å². The lowest BCUT2D eigenvalue weighted by Gasteiger charge is -2.34. The van der Waals surface area contributed by atoms with Crippen LogP contribution >= 0.6 is 22.7 Å². The standard InChI is InChI=1S/C23H23N5O2S2/c1-2-20-26-27-23(32-20)25-19(30)13-28-16-9-4-3-7-14(16)24-15-8-5-10-17(29)21(15)22(28)18-11-6-12-31-18/h3-4,6-7,9,11-12,22,24H,2,5,8,10,13H2,1H3,(H,25,27,30). The number of fused-ring (bicyclic) bond motifs is 1. The van der Waals surface area contributed by atoms with Crippen molar-refractivity contribution in [1.29, 1.82) is 0 Å². The summed E-state index contributed by atoms with van der Waals surface area (Å²) in [6.07, 6.45) is 2.96. The number of allylic oxidation sites excluding steroid dienone is 1. The van der Waals surface area contributed by atoms with E-state index in [-0.39, 0.29) is 24.3 Å². The highest BCUT2D eigenvalue weighted by Gasteiger charge is 2.37. The molecule has 9 heteroatoms. The molecule has 7 nitrogen and oxygen atoms in total. The van der Waals surface area contributed by atoms with Gasteiger partial charge in [-0.05, 0) is 42.8 Å². The van der Waals surface area contributed by atoms with Gasteiger partial charge in [-0.2, -0.15) is 0 Å². The molecule has 3 heterocycles. The number of aryl methyl sites for hydroxylation is 1. The summed E-state index contributed by atoms with van der Waals surface area (Å²) in [5, 5.41) is 18.0. The Kier molecular flexibility index (Phi) is 5.75. The first kappa shape index (κ1) is 20.8. The van der Waals surface area contributed by atoms with Gasteiger partial charge in [0.2, 0.25) is 11.0 Å². The van der Waals surface area contributed by atoms with E-state index in [9.17, 15) is 9.59 Å². The molecule has 2 N–H and O–H groups in total. The van der Waals surface area contributed by atoms with Crippen molar-refractivity contribution in [3.8, 4) is 0 Å². The first-order chi connectivity index (χ1) is 15.6. The van der Waals surface area contributed by atoms with E-state index in [1.807, 2.05) is 53.6 Å². The highest BCUT2D eigenvalue weighted by molar-refractivity contribution is 7.15. The maximum Gasteiger partial charge on any atom is 0.245 e. The van der Waals surface area contributed by atoms with Gasteiger partial charge in [0.15, 0.2) is 5.78 Å². The smallest absolute Gasteiger partial charge is 0.245 e. The monoisotopic (exact) mass is 465 g/mol. The molecule has 0 spiro atoms. The molecule has 32 heavy (non-hydrogen) atoms. The highest BCUT2D eigenvalue weighted by Crippen LogP contribution is 2.45. The van der Waals surface area contributed by atoms with Gasteiger partial charge in [0, 0.05) is 22.6 Å². The van der Waals surface area contributed by atoms with Crippen molar-refractivity contribution in [3.63, 3.8) is 0 Å². The third-order valence-electron chi connectivity index (χ3n) is 5.68. The van der Waals surface area contributed by atoms with E-state index in [1.165, 1.54) is 11.3 Å². The van der Waals surface area contributed by atoms with E-state index < -0.39 is 0 Å². The fourth-order valence-electron chi connectivity index (χ4n) is 4.28. The third kappa shape index (κ3) is 3.93. The second kappa shape index (κ2) is 8.84. The predicted octanol–water partition coefficient (Wildman–Crippen LogP) is 4.78. The number of benzene rings is 1. The molecule has 0 saturated heterocycles. The highest BCUT2D eigenvalue weighted by atomic mass is 32.1. The van der Waals surface area contributed by atoms with Gasteiger partial charge in [0.05, 0.1) is 24.0 Å². The first-order valence-electron chi connectivity index (χ1n) is 10.7. The van der Waals surface area contributed by atoms with Crippen molar-refractivity contribution in [2.75, 3.05) is 22.1 Å². The van der Waals surface area contributed by atoms with Crippen LogP contribution in [-0.4, -0.2) is 28.4 Å². The van der Waals surface area contributed by atoms with Crippen LogP contribution in [0.25, 0.3) is 0 Å². The molecular formula is C23H23N5O2S2. The van der Waals surface area contributed by atoms with Gasteiger partial charge in [0.1, 0.15) is 5.01 Å². The Morgan fingerprint density at radius 1 is 1.22 bits per heavy atom. The van der Waals surface area contributed by atoms with E-state index in [2.05, 4.69) is 20.8 Å². The zero-order valence-corrected chi connectivity index (χ0v) is 19.3. The minimum Gasteiger partial charge on any atom is -0.357 e. The van der Waals surface area contributed by atoms with Crippen LogP contribution in [0.1, 0.15) is 42.1 Å². The molecule has 2 aliphatic rings. The summed E-state index contributed by atoms with van der Waals surface area (Å²) in [7, 11) is 0. The maximum absolute atomic E-state index is 13.2. The van der Waals surface area contributed by atoms with Crippen LogP contribution in [0.3, 0.4) is 0 Å². The number of hydrogen-bond donors (Lipinski definition) is 2. The number of anilines is 3. The van der Waals surface area contributed by atoms with Crippen LogP contribution in [0.15, 0.2) is 53.0 Å². The summed E-state index contributed by atoms with van der Waals surface area (Å²) in [4.78, 5) is 29.4. The lowest BCUT2D eigenvalue weighted by Crippen LogP contribution is -2.38. The summed E-state index contributed by atoms with van der Waals surface area (Å²) < 4.78 is 0. The van der Waals surface area contributed by atoms with E-state index in [0.717, 1.165) is 51.8 Å². The molecular weight excluding hydrogens is 442 g/mol. The summed E-state index contributed by atoms with van der Waals surface area (Å²) in [5.41, 5.74) is 3.54. The average Bonchev–Trinajstić information content (AvgIpc) is 3.45. The molecule has 1 unspecified atom stereocenters. The van der Waals surface area contributed by atoms with Gasteiger partial charge in [-0.25, -0.2) is 0 Å². The van der Waals surface area contributed by atoms with Gasteiger partial charge in [-0.15, -0.1) is 21.5 Å². The summed E-state index contributed by atoms with van der Waals surface area (Å²) in [6.45, 7) is 2.09. The number of carbonyl (C=O) groups is 2. The first-order valence-corrected chi connectivity index (χ1v) is 12.4. The van der Waals surface area contributed by atoms with Crippen molar-refractivity contribution in [2.45, 2.75) is 38.6 Å². The number of nitrogens with zero attached hydrogens (tertiary/aromatic N) is 3. The van der Waals surface area contributed by atoms with Gasteiger partial charge < -0.3 is 10.2 Å². The van der Waals surface area contributed by atoms with Crippen LogP contribution in [0, 0.1) is 0 Å². The molecule has 1 atom stereocenters. The molecule has 0 bridgehead atoms. The number of hydrogen-bond acceptors (Lipinski definition) is 8. The lowest BCUT2D eigenvalue weighted by molar-refractivity contribution is -0.117. The summed E-state index contributed by atoms with van der Waals surface area (Å²) in [6, 6.07) is 11.6. The molecule has 0 fully saturated rings. The predicted molar refractivity (Wildman–Crippen MR) is 128 cm³/mol. The maximum atomic E-state index is 13.2. The number of amides is 1. The quantitative estimate of drug-likeness (QED) is 0.564. The van der Waals surface area contributed by atoms with Crippen molar-refractivity contribution in [3.05, 3.63) is 62.9 Å². The Bertz CT molecular complexity index is 1180. The number of nitrogens with one attached hydrogen (secondary N) is 2. The van der Waals surface area contributed by atoms with Gasteiger partial charge in [-0.3, -0.25) is 14.9 Å². The largest absolute Gasteiger partial charge is 0.357 e. The van der Waals surface area contributed by atoms with Gasteiger partial charge in [0.25, 0.3) is 0 Å². The molecule has 2 aromatic heterocycles. The molecule has 164 valence electrons. The number of carbonyl (C=O) groups excluding carboxylic acids is 2. The van der Waals surface area contributed by atoms with Crippen LogP contribution in [0.5, 0.6) is 0 Å². The normalized spacial score (nSPS) is 18.0. The minimum atomic E-state index is -0.319. The number of ketones is 1. The van der Waals surface area contributed by atoms with Crippen molar-refractivity contribution < 1.29 is 9.59 Å². The zero-order valence-electron chi connectivity index (χ0n) is 17.6. The molecule has 1 amide bonds. The molecule has 0 saturated carbocycles. The van der Waals surface area contributed by atoms with Crippen LogP contribution in [-0.2, 0) is 16.0 Å². The molecule has 0 radical (unpaired) electrons. The lowest BCUT2D eigenvalue weighted by atomic mass is 9.88. The Labute approximate surface area is 194 Å². The fraction of sp³-hybridized carbons (Fsp3) is 0.304. The topological polar surface area (TPSA) is 87.2 Å². The van der Waals surface area contributed by atoms with Gasteiger partial charge >= 0.3 is 0 Å². The molecule has 1 aliphatic carbocycles. The molecule has 5 rings (SSSR count). The van der Waals surface area contributed by atoms with Crippen LogP contribution in [0.2, 0.25) is 0 Å². The Balaban J connectivity index is 1.56. The average molecular weight is 466 g/mol. The third-order valence-corrected chi connectivity index (χ3v) is 7.59. The van der Waals surface area contributed by atoms with Crippen molar-refractivity contribution in [1.82, 2.24) is 10.2 Å². The number of thiophene rings is 1. The fourth-order valence-corrected chi connectivity index (χ4v) is 5.82. The number of rotatable bonds is 5. The SMILES string of the molecule is CCc1nnc(NC(=O)CN2c3ccccc3NC3=C(C(=O)CCC3)C2c2cccs2)s1. The second-order valence-electron chi connectivity index (χ2n) is 7.76. The Hall–Kier alpha value is -3.04. The van der Waals surface area contributed by atoms with Crippen LogP contribution in [0.4, 0.5) is 16.5 Å². The number of para-hydroxylation sites is 2. The number of Topliss-reactive ketones (excluding diaryl/α,β-unsaturated/α-hetero) is 1. The Morgan fingerprint density at radius 2 is 2.09 bits per heavy atom. The van der Waals surface area contributed by atoms with E-state index in [1.54, 1.807) is 11.3 Å². The molecule has 3 aromatic rings.